The molecular weight excluding hydrogens is 350 g/mol. The molecule has 1 aromatic carbocycles. The normalized spacial score (nSPS) is 13.0. The third-order valence-corrected chi connectivity index (χ3v) is 3.99. The van der Waals surface area contributed by atoms with E-state index in [0.717, 1.165) is 5.56 Å². The Bertz CT molecular complexity index is 631. The monoisotopic (exact) mass is 379 g/mol. The first kappa shape index (κ1) is 22.4. The number of carboxylic acids is 1. The molecular formula is C19H29N3O5. The van der Waals surface area contributed by atoms with Gasteiger partial charge in [-0.3, -0.25) is 14.4 Å². The highest BCUT2D eigenvalue weighted by Crippen LogP contribution is 2.13. The molecule has 0 spiro atoms. The topological polar surface area (TPSA) is 142 Å². The Labute approximate surface area is 159 Å². The number of benzene rings is 1. The summed E-state index contributed by atoms with van der Waals surface area (Å²) < 4.78 is 0. The number of hydrogen-bond donors (Lipinski definition) is 5. The third-order valence-electron chi connectivity index (χ3n) is 3.99. The second-order valence-electron chi connectivity index (χ2n) is 7.02. The highest BCUT2D eigenvalue weighted by atomic mass is 16.4. The Hall–Kier alpha value is -2.61. The number of aromatic hydroxyl groups is 1. The summed E-state index contributed by atoms with van der Waals surface area (Å²) in [5.74, 6) is -1.32. The molecule has 0 radical (unpaired) electrons. The fourth-order valence-electron chi connectivity index (χ4n) is 2.67. The van der Waals surface area contributed by atoms with Crippen molar-refractivity contribution in [1.29, 1.82) is 0 Å². The number of rotatable bonds is 11. The zero-order chi connectivity index (χ0) is 20.4. The molecule has 0 fully saturated rings. The minimum absolute atomic E-state index is 0.123. The first-order chi connectivity index (χ1) is 12.7. The van der Waals surface area contributed by atoms with Gasteiger partial charge in [0.2, 0.25) is 11.8 Å². The molecule has 2 atom stereocenters. The molecule has 8 nitrogen and oxygen atoms in total. The van der Waals surface area contributed by atoms with Crippen LogP contribution in [0, 0.1) is 5.92 Å². The van der Waals surface area contributed by atoms with Crippen LogP contribution in [0.3, 0.4) is 0 Å². The van der Waals surface area contributed by atoms with Gasteiger partial charge in [0, 0.05) is 12.5 Å². The van der Waals surface area contributed by atoms with E-state index in [-0.39, 0.29) is 30.0 Å². The summed E-state index contributed by atoms with van der Waals surface area (Å²) >= 11 is 0. The number of carbonyl (C=O) groups is 3. The number of carbonyl (C=O) groups excluding carboxylic acids is 2. The summed E-state index contributed by atoms with van der Waals surface area (Å²) in [6.07, 6.45) is 1.54. The molecule has 1 rings (SSSR count). The summed E-state index contributed by atoms with van der Waals surface area (Å²) in [5.41, 5.74) is 6.82. The first-order valence-corrected chi connectivity index (χ1v) is 8.99. The molecule has 0 saturated heterocycles. The number of nitrogens with one attached hydrogen (secondary N) is 2. The maximum Gasteiger partial charge on any atom is 0.322 e. The van der Waals surface area contributed by atoms with E-state index in [1.165, 1.54) is 12.1 Å². The van der Waals surface area contributed by atoms with E-state index < -0.39 is 18.6 Å². The molecule has 0 aliphatic rings. The van der Waals surface area contributed by atoms with Crippen molar-refractivity contribution in [2.24, 2.45) is 11.7 Å². The van der Waals surface area contributed by atoms with E-state index in [2.05, 4.69) is 10.6 Å². The first-order valence-electron chi connectivity index (χ1n) is 8.99. The van der Waals surface area contributed by atoms with Crippen molar-refractivity contribution in [3.8, 4) is 5.75 Å². The van der Waals surface area contributed by atoms with E-state index in [9.17, 15) is 19.5 Å². The third kappa shape index (κ3) is 9.60. The van der Waals surface area contributed by atoms with Crippen molar-refractivity contribution >= 4 is 17.8 Å². The minimum Gasteiger partial charge on any atom is -0.508 e. The molecule has 0 saturated carbocycles. The van der Waals surface area contributed by atoms with E-state index in [4.69, 9.17) is 10.8 Å². The molecule has 0 aliphatic carbocycles. The van der Waals surface area contributed by atoms with Crippen LogP contribution in [0.25, 0.3) is 0 Å². The quantitative estimate of drug-likeness (QED) is 0.384. The van der Waals surface area contributed by atoms with Crippen molar-refractivity contribution in [3.63, 3.8) is 0 Å². The molecule has 0 aromatic heterocycles. The lowest BCUT2D eigenvalue weighted by atomic mass is 9.98. The van der Waals surface area contributed by atoms with E-state index >= 15 is 0 Å². The fraction of sp³-hybridized carbons (Fsp3) is 0.526. The molecule has 8 heteroatoms. The van der Waals surface area contributed by atoms with Crippen LogP contribution in [-0.2, 0) is 20.8 Å². The second kappa shape index (κ2) is 11.2. The SMILES string of the molecule is CC(C)CC(CCC(=O)NCC(=O)O)NC(=O)[C@H](N)Cc1ccc(O)cc1. The smallest absolute Gasteiger partial charge is 0.322 e. The van der Waals surface area contributed by atoms with Gasteiger partial charge >= 0.3 is 5.97 Å². The van der Waals surface area contributed by atoms with Crippen molar-refractivity contribution in [1.82, 2.24) is 10.6 Å². The average Bonchev–Trinajstić information content (AvgIpc) is 2.59. The van der Waals surface area contributed by atoms with Crippen molar-refractivity contribution in [3.05, 3.63) is 29.8 Å². The molecule has 0 heterocycles. The summed E-state index contributed by atoms with van der Waals surface area (Å²) in [6.45, 7) is 3.61. The van der Waals surface area contributed by atoms with E-state index in [1.54, 1.807) is 12.1 Å². The van der Waals surface area contributed by atoms with E-state index in [1.807, 2.05) is 13.8 Å². The number of phenols is 1. The van der Waals surface area contributed by atoms with Gasteiger partial charge in [-0.05, 0) is 42.9 Å². The summed E-state index contributed by atoms with van der Waals surface area (Å²) in [4.78, 5) is 34.6. The number of aliphatic carboxylic acids is 1. The van der Waals surface area contributed by atoms with Gasteiger partial charge in [-0.2, -0.15) is 0 Å². The summed E-state index contributed by atoms with van der Waals surface area (Å²) in [7, 11) is 0. The Balaban J connectivity index is 2.55. The van der Waals surface area contributed by atoms with Crippen LogP contribution in [0.2, 0.25) is 0 Å². The van der Waals surface area contributed by atoms with Gasteiger partial charge in [-0.15, -0.1) is 0 Å². The zero-order valence-corrected chi connectivity index (χ0v) is 15.8. The van der Waals surface area contributed by atoms with Crippen molar-refractivity contribution in [2.45, 2.75) is 51.6 Å². The molecule has 6 N–H and O–H groups in total. The van der Waals surface area contributed by atoms with Gasteiger partial charge in [0.05, 0.1) is 6.04 Å². The van der Waals surface area contributed by atoms with Crippen LogP contribution in [0.5, 0.6) is 5.75 Å². The van der Waals surface area contributed by atoms with Crippen molar-refractivity contribution in [2.75, 3.05) is 6.54 Å². The predicted molar refractivity (Wildman–Crippen MR) is 101 cm³/mol. The fourth-order valence-corrected chi connectivity index (χ4v) is 2.67. The standard InChI is InChI=1S/C19H29N3O5/c1-12(2)9-14(5-8-17(24)21-11-18(25)26)22-19(27)16(20)10-13-3-6-15(23)7-4-13/h3-4,6-7,12,14,16,23H,5,8-11,20H2,1-2H3,(H,21,24)(H,22,27)(H,25,26)/t14?,16-/m1/s1. The lowest BCUT2D eigenvalue weighted by molar-refractivity contribution is -0.137. The Kier molecular flexibility index (Phi) is 9.29. The maximum absolute atomic E-state index is 12.4. The maximum atomic E-state index is 12.4. The second-order valence-corrected chi connectivity index (χ2v) is 7.02. The van der Waals surface area contributed by atoms with Gasteiger partial charge < -0.3 is 26.6 Å². The largest absolute Gasteiger partial charge is 0.508 e. The highest BCUT2D eigenvalue weighted by molar-refractivity contribution is 5.83. The summed E-state index contributed by atoms with van der Waals surface area (Å²) in [6, 6.07) is 5.53. The van der Waals surface area contributed by atoms with E-state index in [0.29, 0.717) is 25.2 Å². The molecule has 150 valence electrons. The summed E-state index contributed by atoms with van der Waals surface area (Å²) in [5, 5.41) is 23.1. The number of carboxylic acid groups (broad SMARTS) is 1. The van der Waals surface area contributed by atoms with Crippen LogP contribution in [0.4, 0.5) is 0 Å². The Morgan fingerprint density at radius 2 is 1.78 bits per heavy atom. The molecule has 0 bridgehead atoms. The zero-order valence-electron chi connectivity index (χ0n) is 15.8. The number of hydrogen-bond acceptors (Lipinski definition) is 5. The van der Waals surface area contributed by atoms with Crippen LogP contribution in [0.1, 0.15) is 38.7 Å². The number of phenolic OH excluding ortho intramolecular Hbond substituents is 1. The van der Waals surface area contributed by atoms with Crippen molar-refractivity contribution < 1.29 is 24.6 Å². The van der Waals surface area contributed by atoms with Gasteiger partial charge in [0.15, 0.2) is 0 Å². The molecule has 0 aliphatic heterocycles. The average molecular weight is 379 g/mol. The number of amides is 2. The van der Waals surface area contributed by atoms with Gasteiger partial charge in [0.25, 0.3) is 0 Å². The highest BCUT2D eigenvalue weighted by Gasteiger charge is 2.20. The van der Waals surface area contributed by atoms with Crippen LogP contribution >= 0.6 is 0 Å². The van der Waals surface area contributed by atoms with Gasteiger partial charge in [0.1, 0.15) is 12.3 Å². The lowest BCUT2D eigenvalue weighted by Crippen LogP contribution is -2.47. The van der Waals surface area contributed by atoms with Gasteiger partial charge in [-0.25, -0.2) is 0 Å². The molecule has 2 amide bonds. The Morgan fingerprint density at radius 1 is 1.15 bits per heavy atom. The molecule has 27 heavy (non-hydrogen) atoms. The molecule has 1 unspecified atom stereocenters. The van der Waals surface area contributed by atoms with Crippen LogP contribution in [0.15, 0.2) is 24.3 Å². The van der Waals surface area contributed by atoms with Crippen LogP contribution < -0.4 is 16.4 Å². The predicted octanol–water partition coefficient (Wildman–Crippen LogP) is 0.774. The van der Waals surface area contributed by atoms with Crippen LogP contribution in [-0.4, -0.2) is 46.6 Å². The minimum atomic E-state index is -1.10. The Morgan fingerprint density at radius 3 is 2.33 bits per heavy atom. The van der Waals surface area contributed by atoms with Gasteiger partial charge in [-0.1, -0.05) is 26.0 Å². The lowest BCUT2D eigenvalue weighted by Gasteiger charge is -2.22. The molecule has 1 aromatic rings. The number of nitrogens with two attached hydrogens (primary N) is 1.